The summed E-state index contributed by atoms with van der Waals surface area (Å²) in [5.74, 6) is 3.40. The third-order valence-corrected chi connectivity index (χ3v) is 6.47. The largest absolute Gasteiger partial charge is 0.369 e. The first-order valence-electron chi connectivity index (χ1n) is 7.64. The maximum atomic E-state index is 13.1. The summed E-state index contributed by atoms with van der Waals surface area (Å²) in [5, 5.41) is 0. The number of nitrogens with two attached hydrogens (primary N) is 1. The van der Waals surface area contributed by atoms with Gasteiger partial charge in [-0.15, -0.1) is 0 Å². The number of rotatable bonds is 3. The average molecular weight is 322 g/mol. The second kappa shape index (κ2) is 6.05. The lowest BCUT2D eigenvalue weighted by molar-refractivity contribution is -0.122. The number of nitrogens with zero attached hydrogens (tertiary/aromatic N) is 1. The maximum absolute atomic E-state index is 13.1. The van der Waals surface area contributed by atoms with Crippen LogP contribution in [0, 0.1) is 5.92 Å². The minimum absolute atomic E-state index is 0.0583. The number of carbonyl (C=O) groups excluding carboxylic acids is 1. The predicted molar refractivity (Wildman–Crippen MR) is 92.2 cm³/mol. The van der Waals surface area contributed by atoms with Crippen LogP contribution in [0.4, 0.5) is 0 Å². The van der Waals surface area contributed by atoms with Gasteiger partial charge in [-0.05, 0) is 41.8 Å². The van der Waals surface area contributed by atoms with Crippen molar-refractivity contribution in [2.45, 2.75) is 43.9 Å². The zero-order valence-electron chi connectivity index (χ0n) is 13.7. The summed E-state index contributed by atoms with van der Waals surface area (Å²) in [6.45, 7) is 7.55. The summed E-state index contributed by atoms with van der Waals surface area (Å²) in [6.07, 6.45) is 1.59. The first-order chi connectivity index (χ1) is 10.1. The molecule has 1 amide bonds. The Morgan fingerprint density at radius 2 is 1.91 bits per heavy atom. The van der Waals surface area contributed by atoms with Crippen LogP contribution in [-0.4, -0.2) is 33.4 Å². The van der Waals surface area contributed by atoms with Crippen LogP contribution >= 0.6 is 0 Å². The van der Waals surface area contributed by atoms with Crippen molar-refractivity contribution >= 4 is 21.5 Å². The van der Waals surface area contributed by atoms with Crippen molar-refractivity contribution in [1.82, 2.24) is 4.31 Å². The topological polar surface area (TPSA) is 63.4 Å². The number of hydrogen-bond donors (Lipinski definition) is 1. The molecule has 5 heteroatoms. The summed E-state index contributed by atoms with van der Waals surface area (Å²) in [5.41, 5.74) is 6.65. The second-order valence-electron chi connectivity index (χ2n) is 7.04. The molecule has 22 heavy (non-hydrogen) atoms. The number of primary amides is 1. The smallest absolute Gasteiger partial charge is 0.221 e. The number of hydrogen-bond acceptors (Lipinski definition) is 2. The van der Waals surface area contributed by atoms with E-state index in [4.69, 9.17) is 5.73 Å². The number of benzene rings is 1. The van der Waals surface area contributed by atoms with Gasteiger partial charge in [0.15, 0.2) is 0 Å². The highest BCUT2D eigenvalue weighted by molar-refractivity contribution is 7.98. The van der Waals surface area contributed by atoms with Crippen LogP contribution in [0.25, 0.3) is 0 Å². The summed E-state index contributed by atoms with van der Waals surface area (Å²) >= 11 is 0. The number of amides is 1. The zero-order valence-corrected chi connectivity index (χ0v) is 14.5. The quantitative estimate of drug-likeness (QED) is 0.867. The summed E-state index contributed by atoms with van der Waals surface area (Å²) in [6, 6.07) is 7.80. The van der Waals surface area contributed by atoms with Crippen LogP contribution in [0.15, 0.2) is 29.2 Å². The average Bonchev–Trinajstić information content (AvgIpc) is 2.46. The third-order valence-electron chi connectivity index (χ3n) is 4.29. The fraction of sp³-hybridized carbons (Fsp3) is 0.529. The number of carbonyl (C=O) groups is 1. The fourth-order valence-electron chi connectivity index (χ4n) is 2.76. The SMILES string of the molecule is C=S(=O)(c1ccc(C(C)(C)C)cc1)N1CCCC(C(N)=O)C1. The van der Waals surface area contributed by atoms with Gasteiger partial charge in [0.05, 0.1) is 15.6 Å². The molecule has 1 fully saturated rings. The lowest BCUT2D eigenvalue weighted by atomic mass is 9.87. The van der Waals surface area contributed by atoms with Gasteiger partial charge in [0.2, 0.25) is 5.91 Å². The van der Waals surface area contributed by atoms with Crippen molar-refractivity contribution in [2.75, 3.05) is 13.1 Å². The standard InChI is InChI=1S/C17H26N2O2S/c1-17(2,3)14-7-9-15(10-8-14)22(4,21)19-11-5-6-13(12-19)16(18)20/h7-10,13H,4-6,11-12H2,1-3H3,(H2,18,20). The molecular formula is C17H26N2O2S. The molecule has 2 rings (SSSR count). The van der Waals surface area contributed by atoms with Crippen molar-refractivity contribution in [2.24, 2.45) is 11.7 Å². The normalized spacial score (nSPS) is 23.0. The Morgan fingerprint density at radius 1 is 1.32 bits per heavy atom. The van der Waals surface area contributed by atoms with Gasteiger partial charge in [0.25, 0.3) is 0 Å². The Hall–Kier alpha value is -1.33. The van der Waals surface area contributed by atoms with Crippen molar-refractivity contribution < 1.29 is 9.00 Å². The molecule has 0 aliphatic carbocycles. The molecular weight excluding hydrogens is 296 g/mol. The molecule has 1 aliphatic rings. The van der Waals surface area contributed by atoms with E-state index in [-0.39, 0.29) is 17.2 Å². The highest BCUT2D eigenvalue weighted by Crippen LogP contribution is 2.27. The van der Waals surface area contributed by atoms with E-state index in [1.807, 2.05) is 28.6 Å². The van der Waals surface area contributed by atoms with Crippen LogP contribution in [0.5, 0.6) is 0 Å². The molecule has 1 aliphatic heterocycles. The van der Waals surface area contributed by atoms with Crippen LogP contribution in [-0.2, 0) is 19.9 Å². The minimum atomic E-state index is -2.57. The molecule has 1 aromatic carbocycles. The molecule has 1 aromatic rings. The molecule has 0 saturated carbocycles. The maximum Gasteiger partial charge on any atom is 0.221 e. The molecule has 1 saturated heterocycles. The first-order valence-corrected chi connectivity index (χ1v) is 9.33. The molecule has 2 N–H and O–H groups in total. The van der Waals surface area contributed by atoms with E-state index in [0.29, 0.717) is 18.0 Å². The van der Waals surface area contributed by atoms with Crippen molar-refractivity contribution in [3.05, 3.63) is 29.8 Å². The van der Waals surface area contributed by atoms with E-state index in [2.05, 4.69) is 26.6 Å². The fourth-order valence-corrected chi connectivity index (χ4v) is 4.46. The Balaban J connectivity index is 2.25. The molecule has 122 valence electrons. The van der Waals surface area contributed by atoms with Crippen LogP contribution in [0.3, 0.4) is 0 Å². The van der Waals surface area contributed by atoms with Crippen LogP contribution < -0.4 is 5.73 Å². The van der Waals surface area contributed by atoms with E-state index in [9.17, 15) is 9.00 Å². The van der Waals surface area contributed by atoms with E-state index < -0.39 is 9.71 Å². The molecule has 0 radical (unpaired) electrons. The Morgan fingerprint density at radius 3 is 2.41 bits per heavy atom. The molecule has 0 bridgehead atoms. The lowest BCUT2D eigenvalue weighted by Crippen LogP contribution is -2.43. The Bertz CT molecular complexity index is 642. The molecule has 0 spiro atoms. The number of piperidine rings is 1. The van der Waals surface area contributed by atoms with Gasteiger partial charge < -0.3 is 5.73 Å². The molecule has 4 nitrogen and oxygen atoms in total. The van der Waals surface area contributed by atoms with E-state index >= 15 is 0 Å². The lowest BCUT2D eigenvalue weighted by Gasteiger charge is -2.33. The van der Waals surface area contributed by atoms with Crippen molar-refractivity contribution in [3.63, 3.8) is 0 Å². The van der Waals surface area contributed by atoms with Gasteiger partial charge in [0.1, 0.15) is 0 Å². The van der Waals surface area contributed by atoms with Crippen molar-refractivity contribution in [1.29, 1.82) is 0 Å². The van der Waals surface area contributed by atoms with E-state index in [1.165, 1.54) is 5.56 Å². The van der Waals surface area contributed by atoms with Gasteiger partial charge in [-0.1, -0.05) is 32.9 Å². The van der Waals surface area contributed by atoms with Gasteiger partial charge in [0, 0.05) is 18.0 Å². The Kier molecular flexibility index (Phi) is 4.68. The van der Waals surface area contributed by atoms with Gasteiger partial charge in [-0.25, -0.2) is 8.51 Å². The van der Waals surface area contributed by atoms with Crippen molar-refractivity contribution in [3.8, 4) is 0 Å². The van der Waals surface area contributed by atoms with E-state index in [1.54, 1.807) is 0 Å². The summed E-state index contributed by atoms with van der Waals surface area (Å²) in [4.78, 5) is 12.1. The summed E-state index contributed by atoms with van der Waals surface area (Å²) < 4.78 is 15.0. The molecule has 2 atom stereocenters. The predicted octanol–water partition coefficient (Wildman–Crippen LogP) is 2.17. The van der Waals surface area contributed by atoms with Gasteiger partial charge in [-0.2, -0.15) is 0 Å². The highest BCUT2D eigenvalue weighted by atomic mass is 32.2. The molecule has 1 heterocycles. The zero-order chi connectivity index (χ0) is 16.5. The molecule has 2 unspecified atom stereocenters. The van der Waals surface area contributed by atoms with Gasteiger partial charge in [-0.3, -0.25) is 4.79 Å². The molecule has 0 aromatic heterocycles. The minimum Gasteiger partial charge on any atom is -0.369 e. The summed E-state index contributed by atoms with van der Waals surface area (Å²) in [7, 11) is -2.57. The highest BCUT2D eigenvalue weighted by Gasteiger charge is 2.29. The monoisotopic (exact) mass is 322 g/mol. The second-order valence-corrected chi connectivity index (χ2v) is 9.31. The first kappa shape index (κ1) is 17.0. The van der Waals surface area contributed by atoms with E-state index in [0.717, 1.165) is 12.8 Å². The van der Waals surface area contributed by atoms with Crippen LogP contribution in [0.1, 0.15) is 39.2 Å². The van der Waals surface area contributed by atoms with Crippen LogP contribution in [0.2, 0.25) is 0 Å². The van der Waals surface area contributed by atoms with Gasteiger partial charge >= 0.3 is 0 Å². The Labute approximate surface area is 133 Å². The third kappa shape index (κ3) is 3.52.